The fraction of sp³-hybridized carbons (Fsp3) is 0.579. The Morgan fingerprint density at radius 2 is 1.96 bits per heavy atom. The molecule has 2 fully saturated rings. The number of carbonyl (C=O) groups is 2. The standard InChI is InChI=1S/C19H24O4S/c1-19-10-4-5-14(19)17(18(21)23-3)15(11-16(19)20)24-13-8-6-12(22-2)7-9-13/h6-9,14-15,17H,4-5,10-11H2,1-3H3/t14-,15+,17-,19+/m1/s1. The molecule has 1 aromatic rings. The highest BCUT2D eigenvalue weighted by molar-refractivity contribution is 8.00. The minimum Gasteiger partial charge on any atom is -0.497 e. The zero-order valence-corrected chi connectivity index (χ0v) is 15.2. The Labute approximate surface area is 147 Å². The summed E-state index contributed by atoms with van der Waals surface area (Å²) in [5.74, 6) is 0.809. The first kappa shape index (κ1) is 17.3. The van der Waals surface area contributed by atoms with Crippen LogP contribution in [0.2, 0.25) is 0 Å². The quantitative estimate of drug-likeness (QED) is 0.776. The first-order valence-electron chi connectivity index (χ1n) is 8.41. The van der Waals surface area contributed by atoms with Crippen molar-refractivity contribution in [2.75, 3.05) is 14.2 Å². The summed E-state index contributed by atoms with van der Waals surface area (Å²) in [5.41, 5.74) is -0.351. The van der Waals surface area contributed by atoms with Crippen LogP contribution in [0.3, 0.4) is 0 Å². The topological polar surface area (TPSA) is 52.6 Å². The van der Waals surface area contributed by atoms with E-state index in [4.69, 9.17) is 9.47 Å². The Morgan fingerprint density at radius 1 is 1.25 bits per heavy atom. The summed E-state index contributed by atoms with van der Waals surface area (Å²) >= 11 is 1.61. The predicted octanol–water partition coefficient (Wildman–Crippen LogP) is 3.72. The van der Waals surface area contributed by atoms with Crippen LogP contribution in [0, 0.1) is 17.3 Å². The summed E-state index contributed by atoms with van der Waals surface area (Å²) < 4.78 is 10.3. The largest absolute Gasteiger partial charge is 0.497 e. The number of thioether (sulfide) groups is 1. The van der Waals surface area contributed by atoms with Crippen molar-refractivity contribution in [1.29, 1.82) is 0 Å². The molecule has 0 unspecified atom stereocenters. The summed E-state index contributed by atoms with van der Waals surface area (Å²) in [6.07, 6.45) is 3.27. The lowest BCUT2D eigenvalue weighted by Gasteiger charge is -2.43. The predicted molar refractivity (Wildman–Crippen MR) is 93.2 cm³/mol. The van der Waals surface area contributed by atoms with E-state index in [0.717, 1.165) is 29.9 Å². The number of hydrogen-bond acceptors (Lipinski definition) is 5. The van der Waals surface area contributed by atoms with Gasteiger partial charge >= 0.3 is 5.97 Å². The Bertz CT molecular complexity index is 627. The van der Waals surface area contributed by atoms with Gasteiger partial charge in [-0.1, -0.05) is 13.3 Å². The normalized spacial score (nSPS) is 32.3. The molecule has 4 nitrogen and oxygen atoms in total. The van der Waals surface area contributed by atoms with Gasteiger partial charge in [-0.3, -0.25) is 9.59 Å². The molecule has 1 aromatic carbocycles. The van der Waals surface area contributed by atoms with Crippen molar-refractivity contribution in [2.24, 2.45) is 17.3 Å². The number of methoxy groups -OCH3 is 2. The SMILES string of the molecule is COC(=O)[C@H]1[C@@H](Sc2ccc(OC)cc2)CC(=O)[C@@]2(C)CCC[C@H]12. The van der Waals surface area contributed by atoms with Crippen LogP contribution in [0.25, 0.3) is 0 Å². The molecule has 4 atom stereocenters. The minimum atomic E-state index is -0.351. The first-order chi connectivity index (χ1) is 11.5. The molecular formula is C19H24O4S. The number of carbonyl (C=O) groups excluding carboxylic acids is 2. The Kier molecular flexibility index (Phi) is 4.90. The number of esters is 1. The molecule has 5 heteroatoms. The van der Waals surface area contributed by atoms with Gasteiger partial charge in [0.05, 0.1) is 20.1 Å². The molecular weight excluding hydrogens is 324 g/mol. The minimum absolute atomic E-state index is 0.0606. The van der Waals surface area contributed by atoms with E-state index in [1.807, 2.05) is 31.2 Å². The van der Waals surface area contributed by atoms with Crippen molar-refractivity contribution in [3.8, 4) is 5.75 Å². The second kappa shape index (κ2) is 6.79. The number of benzene rings is 1. The molecule has 0 N–H and O–H groups in total. The summed E-state index contributed by atoms with van der Waals surface area (Å²) in [7, 11) is 3.08. The molecule has 2 aliphatic carbocycles. The Balaban J connectivity index is 1.86. The smallest absolute Gasteiger partial charge is 0.310 e. The lowest BCUT2D eigenvalue weighted by atomic mass is 9.63. The van der Waals surface area contributed by atoms with Gasteiger partial charge in [-0.2, -0.15) is 0 Å². The number of fused-ring (bicyclic) bond motifs is 1. The van der Waals surface area contributed by atoms with Gasteiger partial charge in [0.25, 0.3) is 0 Å². The second-order valence-electron chi connectivity index (χ2n) is 6.92. The van der Waals surface area contributed by atoms with Crippen LogP contribution in [0.1, 0.15) is 32.6 Å². The van der Waals surface area contributed by atoms with Gasteiger partial charge in [-0.25, -0.2) is 0 Å². The van der Waals surface area contributed by atoms with Crippen LogP contribution in [-0.4, -0.2) is 31.2 Å². The number of ketones is 1. The fourth-order valence-corrected chi connectivity index (χ4v) is 5.64. The highest BCUT2D eigenvalue weighted by Crippen LogP contribution is 2.55. The van der Waals surface area contributed by atoms with Crippen LogP contribution in [0.15, 0.2) is 29.2 Å². The lowest BCUT2D eigenvalue weighted by Crippen LogP contribution is -2.49. The van der Waals surface area contributed by atoms with Crippen LogP contribution >= 0.6 is 11.8 Å². The Morgan fingerprint density at radius 3 is 2.58 bits per heavy atom. The Hall–Kier alpha value is -1.49. The molecule has 130 valence electrons. The average Bonchev–Trinajstić information content (AvgIpc) is 2.99. The number of hydrogen-bond donors (Lipinski definition) is 0. The van der Waals surface area contributed by atoms with E-state index >= 15 is 0 Å². The summed E-state index contributed by atoms with van der Waals surface area (Å²) in [6, 6.07) is 7.76. The van der Waals surface area contributed by atoms with Gasteiger partial charge in [0.15, 0.2) is 0 Å². The third kappa shape index (κ3) is 2.94. The molecule has 0 aliphatic heterocycles. The third-order valence-corrected chi connectivity index (χ3v) is 7.01. The number of Topliss-reactive ketones (excluding diaryl/α,β-unsaturated/α-hetero) is 1. The van der Waals surface area contributed by atoms with Crippen LogP contribution < -0.4 is 4.74 Å². The van der Waals surface area contributed by atoms with E-state index in [9.17, 15) is 9.59 Å². The molecule has 2 aliphatic rings. The highest BCUT2D eigenvalue weighted by atomic mass is 32.2. The molecule has 24 heavy (non-hydrogen) atoms. The van der Waals surface area contributed by atoms with E-state index in [1.54, 1.807) is 18.9 Å². The van der Waals surface area contributed by atoms with E-state index in [1.165, 1.54) is 7.11 Å². The fourth-order valence-electron chi connectivity index (χ4n) is 4.31. The number of ether oxygens (including phenoxy) is 2. The van der Waals surface area contributed by atoms with E-state index in [-0.39, 0.29) is 28.5 Å². The molecule has 0 heterocycles. The van der Waals surface area contributed by atoms with Gasteiger partial charge in [0, 0.05) is 22.0 Å². The van der Waals surface area contributed by atoms with Crippen molar-refractivity contribution < 1.29 is 19.1 Å². The van der Waals surface area contributed by atoms with E-state index in [2.05, 4.69) is 0 Å². The molecule has 0 radical (unpaired) electrons. The monoisotopic (exact) mass is 348 g/mol. The van der Waals surface area contributed by atoms with Crippen molar-refractivity contribution in [1.82, 2.24) is 0 Å². The third-order valence-electron chi connectivity index (χ3n) is 5.71. The summed E-state index contributed by atoms with van der Waals surface area (Å²) in [4.78, 5) is 26.3. The first-order valence-corrected chi connectivity index (χ1v) is 9.29. The zero-order valence-electron chi connectivity index (χ0n) is 14.4. The highest BCUT2D eigenvalue weighted by Gasteiger charge is 2.56. The van der Waals surface area contributed by atoms with Gasteiger partial charge in [0.2, 0.25) is 0 Å². The van der Waals surface area contributed by atoms with Gasteiger partial charge in [-0.05, 0) is 43.0 Å². The molecule has 2 saturated carbocycles. The molecule has 0 amide bonds. The molecule has 0 saturated heterocycles. The zero-order chi connectivity index (χ0) is 17.3. The average molecular weight is 348 g/mol. The van der Waals surface area contributed by atoms with Crippen molar-refractivity contribution >= 4 is 23.5 Å². The van der Waals surface area contributed by atoms with Gasteiger partial charge in [0.1, 0.15) is 11.5 Å². The van der Waals surface area contributed by atoms with Crippen molar-refractivity contribution in [2.45, 2.75) is 42.8 Å². The molecule has 0 spiro atoms. The van der Waals surface area contributed by atoms with Crippen LogP contribution in [-0.2, 0) is 14.3 Å². The van der Waals surface area contributed by atoms with E-state index in [0.29, 0.717) is 12.2 Å². The summed E-state index contributed by atoms with van der Waals surface area (Å²) in [6.45, 7) is 2.04. The van der Waals surface area contributed by atoms with Gasteiger partial charge in [-0.15, -0.1) is 11.8 Å². The van der Waals surface area contributed by atoms with Gasteiger partial charge < -0.3 is 9.47 Å². The summed E-state index contributed by atoms with van der Waals surface area (Å²) in [5, 5.41) is -0.0606. The van der Waals surface area contributed by atoms with Crippen molar-refractivity contribution in [3.05, 3.63) is 24.3 Å². The molecule has 3 rings (SSSR count). The maximum Gasteiger partial charge on any atom is 0.310 e. The number of rotatable bonds is 4. The van der Waals surface area contributed by atoms with E-state index < -0.39 is 0 Å². The maximum absolute atomic E-state index is 12.8. The van der Waals surface area contributed by atoms with Crippen molar-refractivity contribution in [3.63, 3.8) is 0 Å². The molecule has 0 bridgehead atoms. The lowest BCUT2D eigenvalue weighted by molar-refractivity contribution is -0.153. The molecule has 0 aromatic heterocycles. The maximum atomic E-state index is 12.8. The van der Waals surface area contributed by atoms with Crippen LogP contribution in [0.4, 0.5) is 0 Å². The van der Waals surface area contributed by atoms with Crippen LogP contribution in [0.5, 0.6) is 5.75 Å². The second-order valence-corrected chi connectivity index (χ2v) is 8.24.